The second kappa shape index (κ2) is 10.3. The van der Waals surface area contributed by atoms with Gasteiger partial charge in [-0.1, -0.05) is 19.6 Å². The molecule has 1 atom stereocenters. The average Bonchev–Trinajstić information content (AvgIpc) is 2.78. The Bertz CT molecular complexity index is 827. The Balaban J connectivity index is 1.74. The summed E-state index contributed by atoms with van der Waals surface area (Å²) in [5.74, 6) is 0.643. The second-order valence-electron chi connectivity index (χ2n) is 7.50. The predicted octanol–water partition coefficient (Wildman–Crippen LogP) is 4.14. The van der Waals surface area contributed by atoms with Gasteiger partial charge in [0.25, 0.3) is 0 Å². The summed E-state index contributed by atoms with van der Waals surface area (Å²) in [6.45, 7) is 7.87. The lowest BCUT2D eigenvalue weighted by molar-refractivity contribution is 0.00215. The summed E-state index contributed by atoms with van der Waals surface area (Å²) in [4.78, 5) is 18.3. The third kappa shape index (κ3) is 5.52. The van der Waals surface area contributed by atoms with E-state index in [1.807, 2.05) is 31.4 Å². The van der Waals surface area contributed by atoms with E-state index in [0.717, 1.165) is 62.0 Å². The molecule has 1 aromatic heterocycles. The molecule has 1 aliphatic rings. The van der Waals surface area contributed by atoms with Crippen molar-refractivity contribution in [1.82, 2.24) is 9.88 Å². The number of aldehydes is 1. The molecule has 0 saturated carbocycles. The van der Waals surface area contributed by atoms with Gasteiger partial charge < -0.3 is 9.47 Å². The minimum atomic E-state index is 0.361. The smallest absolute Gasteiger partial charge is 0.153 e. The van der Waals surface area contributed by atoms with E-state index in [1.54, 1.807) is 6.08 Å². The highest BCUT2D eigenvalue weighted by molar-refractivity contribution is 5.80. The van der Waals surface area contributed by atoms with Crippen LogP contribution in [-0.2, 0) is 17.6 Å². The van der Waals surface area contributed by atoms with Crippen molar-refractivity contribution in [2.75, 3.05) is 27.0 Å². The fourth-order valence-electron chi connectivity index (χ4n) is 3.63. The number of aromatic nitrogens is 1. The largest absolute Gasteiger partial charge is 0.477 e. The number of ether oxygens (including phenoxy) is 2. The summed E-state index contributed by atoms with van der Waals surface area (Å²) in [6, 6.07) is 8.33. The zero-order valence-electron chi connectivity index (χ0n) is 17.4. The van der Waals surface area contributed by atoms with Gasteiger partial charge in [-0.05, 0) is 73.7 Å². The maximum absolute atomic E-state index is 11.7. The molecule has 0 spiro atoms. The molecule has 0 N–H and O–H groups in total. The molecule has 2 aromatic rings. The van der Waals surface area contributed by atoms with E-state index in [-0.39, 0.29) is 0 Å². The van der Waals surface area contributed by atoms with E-state index in [0.29, 0.717) is 24.1 Å². The highest BCUT2D eigenvalue weighted by Crippen LogP contribution is 2.26. The molecular weight excluding hydrogens is 364 g/mol. The SMILES string of the molecule is C=Cc1ccc(Cc2cc(C=O)c(OCN(C)C3CCCOC3)cc2CC)cn1. The van der Waals surface area contributed by atoms with Gasteiger partial charge in [0.2, 0.25) is 0 Å². The van der Waals surface area contributed by atoms with Crippen molar-refractivity contribution in [3.8, 4) is 5.75 Å². The highest BCUT2D eigenvalue weighted by Gasteiger charge is 2.19. The molecule has 1 unspecified atom stereocenters. The van der Waals surface area contributed by atoms with Crippen molar-refractivity contribution in [3.63, 3.8) is 0 Å². The first-order chi connectivity index (χ1) is 14.1. The molecule has 1 saturated heterocycles. The van der Waals surface area contributed by atoms with Gasteiger partial charge in [0.05, 0.1) is 17.9 Å². The zero-order chi connectivity index (χ0) is 20.6. The van der Waals surface area contributed by atoms with Crippen LogP contribution in [0.25, 0.3) is 6.08 Å². The van der Waals surface area contributed by atoms with Crippen molar-refractivity contribution in [1.29, 1.82) is 0 Å². The fourth-order valence-corrected chi connectivity index (χ4v) is 3.63. The predicted molar refractivity (Wildman–Crippen MR) is 115 cm³/mol. The number of rotatable bonds is 9. The molecule has 154 valence electrons. The molecule has 1 aliphatic heterocycles. The van der Waals surface area contributed by atoms with E-state index in [9.17, 15) is 4.79 Å². The number of hydrogen-bond acceptors (Lipinski definition) is 5. The van der Waals surface area contributed by atoms with Crippen LogP contribution in [0.1, 0.15) is 52.5 Å². The third-order valence-electron chi connectivity index (χ3n) is 5.47. The number of pyridine rings is 1. The molecule has 1 fully saturated rings. The normalized spacial score (nSPS) is 16.6. The van der Waals surface area contributed by atoms with E-state index in [4.69, 9.17) is 9.47 Å². The van der Waals surface area contributed by atoms with Crippen LogP contribution in [0.15, 0.2) is 37.0 Å². The first-order valence-electron chi connectivity index (χ1n) is 10.2. The topological polar surface area (TPSA) is 51.7 Å². The van der Waals surface area contributed by atoms with Gasteiger partial charge in [0.1, 0.15) is 12.5 Å². The van der Waals surface area contributed by atoms with Crippen LogP contribution >= 0.6 is 0 Å². The van der Waals surface area contributed by atoms with Crippen LogP contribution in [0.5, 0.6) is 5.75 Å². The van der Waals surface area contributed by atoms with E-state index in [1.165, 1.54) is 5.56 Å². The Hall–Kier alpha value is -2.50. The van der Waals surface area contributed by atoms with E-state index in [2.05, 4.69) is 29.5 Å². The molecule has 3 rings (SSSR count). The molecule has 5 nitrogen and oxygen atoms in total. The van der Waals surface area contributed by atoms with E-state index >= 15 is 0 Å². The van der Waals surface area contributed by atoms with Crippen LogP contribution in [0, 0.1) is 0 Å². The van der Waals surface area contributed by atoms with Crippen LogP contribution in [0.3, 0.4) is 0 Å². The quantitative estimate of drug-likeness (QED) is 0.473. The first kappa shape index (κ1) is 21.2. The molecular formula is C24H30N2O3. The lowest BCUT2D eigenvalue weighted by Gasteiger charge is -2.31. The molecule has 29 heavy (non-hydrogen) atoms. The Morgan fingerprint density at radius 2 is 2.21 bits per heavy atom. The van der Waals surface area contributed by atoms with Gasteiger partial charge in [-0.2, -0.15) is 0 Å². The van der Waals surface area contributed by atoms with Crippen molar-refractivity contribution >= 4 is 12.4 Å². The lowest BCUT2D eigenvalue weighted by Crippen LogP contribution is -2.40. The monoisotopic (exact) mass is 394 g/mol. The number of hydrogen-bond donors (Lipinski definition) is 0. The van der Waals surface area contributed by atoms with Crippen molar-refractivity contribution in [3.05, 3.63) is 65.0 Å². The first-order valence-corrected chi connectivity index (χ1v) is 10.2. The number of carbonyl (C=O) groups excluding carboxylic acids is 1. The van der Waals surface area contributed by atoms with Crippen molar-refractivity contribution in [2.45, 2.75) is 38.6 Å². The van der Waals surface area contributed by atoms with Crippen LogP contribution in [0.4, 0.5) is 0 Å². The Morgan fingerprint density at radius 1 is 1.34 bits per heavy atom. The Morgan fingerprint density at radius 3 is 2.83 bits per heavy atom. The fraction of sp³-hybridized carbons (Fsp3) is 0.417. The number of aryl methyl sites for hydroxylation is 1. The average molecular weight is 395 g/mol. The number of benzene rings is 1. The summed E-state index contributed by atoms with van der Waals surface area (Å²) in [7, 11) is 2.04. The molecule has 0 bridgehead atoms. The molecule has 2 heterocycles. The maximum atomic E-state index is 11.7. The highest BCUT2D eigenvalue weighted by atomic mass is 16.5. The number of nitrogens with zero attached hydrogens (tertiary/aromatic N) is 2. The Labute approximate surface area is 173 Å². The van der Waals surface area contributed by atoms with Gasteiger partial charge in [0.15, 0.2) is 6.29 Å². The van der Waals surface area contributed by atoms with E-state index < -0.39 is 0 Å². The molecule has 0 amide bonds. The minimum Gasteiger partial charge on any atom is -0.477 e. The van der Waals surface area contributed by atoms with Crippen molar-refractivity contribution in [2.24, 2.45) is 0 Å². The zero-order valence-corrected chi connectivity index (χ0v) is 17.4. The van der Waals surface area contributed by atoms with Gasteiger partial charge >= 0.3 is 0 Å². The second-order valence-corrected chi connectivity index (χ2v) is 7.50. The number of likely N-dealkylation sites (N-methyl/N-ethyl adjacent to an activating group) is 1. The van der Waals surface area contributed by atoms with Crippen molar-refractivity contribution < 1.29 is 14.3 Å². The summed E-state index contributed by atoms with van der Waals surface area (Å²) in [6.07, 6.45) is 8.26. The maximum Gasteiger partial charge on any atom is 0.153 e. The summed E-state index contributed by atoms with van der Waals surface area (Å²) in [5.41, 5.74) is 4.86. The third-order valence-corrected chi connectivity index (χ3v) is 5.47. The van der Waals surface area contributed by atoms with Gasteiger partial charge in [-0.3, -0.25) is 14.7 Å². The van der Waals surface area contributed by atoms with Gasteiger partial charge in [-0.15, -0.1) is 0 Å². The van der Waals surface area contributed by atoms with Crippen LogP contribution in [0.2, 0.25) is 0 Å². The van der Waals surface area contributed by atoms with Crippen LogP contribution in [-0.4, -0.2) is 49.2 Å². The van der Waals surface area contributed by atoms with Crippen LogP contribution < -0.4 is 4.74 Å². The summed E-state index contributed by atoms with van der Waals surface area (Å²) < 4.78 is 11.6. The Kier molecular flexibility index (Phi) is 7.55. The summed E-state index contributed by atoms with van der Waals surface area (Å²) >= 11 is 0. The minimum absolute atomic E-state index is 0.361. The molecule has 1 aromatic carbocycles. The lowest BCUT2D eigenvalue weighted by atomic mass is 9.96. The molecule has 0 aliphatic carbocycles. The van der Waals surface area contributed by atoms with Gasteiger partial charge in [0, 0.05) is 18.8 Å². The summed E-state index contributed by atoms with van der Waals surface area (Å²) in [5, 5.41) is 0. The molecule has 5 heteroatoms. The molecule has 0 radical (unpaired) electrons. The standard InChI is InChI=1S/C24H30N2O3/c1-4-19-13-24(29-17-26(3)23-7-6-10-28-16-23)21(15-27)12-20(19)11-18-8-9-22(5-2)25-14-18/h5,8-9,12-15,23H,2,4,6-7,10-11,16-17H2,1,3H3. The number of carbonyl (C=O) groups is 1. The van der Waals surface area contributed by atoms with Gasteiger partial charge in [-0.25, -0.2) is 0 Å².